The molecule has 1 aromatic carbocycles. The second-order valence-electron chi connectivity index (χ2n) is 8.27. The molecule has 0 spiro atoms. The first-order chi connectivity index (χ1) is 17.6. The molecule has 0 aromatic heterocycles. The summed E-state index contributed by atoms with van der Waals surface area (Å²) in [5, 5.41) is 37.3. The van der Waals surface area contributed by atoms with E-state index in [1.807, 2.05) is 0 Å². The van der Waals surface area contributed by atoms with Crippen LogP contribution in [0.15, 0.2) is 30.3 Å². The summed E-state index contributed by atoms with van der Waals surface area (Å²) in [6, 6.07) is 4.98. The van der Waals surface area contributed by atoms with Crippen molar-refractivity contribution in [3.8, 4) is 0 Å². The lowest BCUT2D eigenvalue weighted by molar-refractivity contribution is -0.270. The van der Waals surface area contributed by atoms with E-state index in [9.17, 15) is 34.5 Å². The number of thiol groups is 1. The molecule has 0 radical (unpaired) electrons. The molecule has 2 rings (SSSR count). The van der Waals surface area contributed by atoms with Crippen LogP contribution in [0.2, 0.25) is 0 Å². The fourth-order valence-electron chi connectivity index (χ4n) is 3.58. The minimum Gasteiger partial charge on any atom is -0.394 e. The first-order valence-electron chi connectivity index (χ1n) is 11.4. The van der Waals surface area contributed by atoms with Gasteiger partial charge in [-0.25, -0.2) is 0 Å². The summed E-state index contributed by atoms with van der Waals surface area (Å²) in [6.45, 7) is -1.70. The number of ether oxygens (including phenoxy) is 2. The van der Waals surface area contributed by atoms with Gasteiger partial charge < -0.3 is 52.2 Å². The van der Waals surface area contributed by atoms with Gasteiger partial charge in [-0.1, -0.05) is 30.3 Å². The van der Waals surface area contributed by atoms with Gasteiger partial charge in [0.25, 0.3) is 0 Å². The largest absolute Gasteiger partial charge is 0.394 e. The van der Waals surface area contributed by atoms with E-state index in [1.165, 1.54) is 0 Å². The molecule has 1 aromatic rings. The van der Waals surface area contributed by atoms with Gasteiger partial charge in [-0.2, -0.15) is 12.6 Å². The second-order valence-corrected chi connectivity index (χ2v) is 8.59. The number of amides is 4. The van der Waals surface area contributed by atoms with Crippen LogP contribution in [-0.4, -0.2) is 107 Å². The third-order valence-corrected chi connectivity index (χ3v) is 5.85. The number of aliphatic hydroxyl groups is 3. The molecule has 1 aliphatic heterocycles. The first kappa shape index (κ1) is 30.4. The van der Waals surface area contributed by atoms with Crippen LogP contribution >= 0.6 is 12.6 Å². The highest BCUT2D eigenvalue weighted by atomic mass is 32.1. The Morgan fingerprint density at radius 2 is 1.73 bits per heavy atom. The normalized spacial score (nSPS) is 24.9. The summed E-state index contributed by atoms with van der Waals surface area (Å²) in [7, 11) is 0. The maximum atomic E-state index is 13.0. The molecule has 0 bridgehead atoms. The molecule has 0 unspecified atom stereocenters. The summed E-state index contributed by atoms with van der Waals surface area (Å²) >= 11 is 3.85. The molecule has 0 saturated carbocycles. The molecule has 0 aliphatic carbocycles. The van der Waals surface area contributed by atoms with Crippen LogP contribution in [0, 0.1) is 0 Å². The van der Waals surface area contributed by atoms with Crippen LogP contribution in [-0.2, 0) is 35.1 Å². The number of aliphatic hydroxyl groups excluding tert-OH is 3. The molecule has 1 fully saturated rings. The lowest BCUT2D eigenvalue weighted by Crippen LogP contribution is -2.65. The molecule has 7 atom stereocenters. The molecule has 1 saturated heterocycles. The van der Waals surface area contributed by atoms with E-state index < -0.39 is 86.1 Å². The lowest BCUT2D eigenvalue weighted by atomic mass is 9.97. The zero-order valence-corrected chi connectivity index (χ0v) is 20.8. The van der Waals surface area contributed by atoms with Gasteiger partial charge in [-0.05, 0) is 5.56 Å². The van der Waals surface area contributed by atoms with E-state index >= 15 is 0 Å². The van der Waals surface area contributed by atoms with Gasteiger partial charge >= 0.3 is 0 Å². The van der Waals surface area contributed by atoms with Gasteiger partial charge in [-0.15, -0.1) is 0 Å². The maximum absolute atomic E-state index is 13.0. The number of primary amides is 1. The third-order valence-electron chi connectivity index (χ3n) is 5.56. The molecule has 1 heterocycles. The van der Waals surface area contributed by atoms with E-state index in [2.05, 4.69) is 28.6 Å². The molecular weight excluding hydrogens is 510 g/mol. The third kappa shape index (κ3) is 8.92. The molecule has 10 N–H and O–H groups in total. The van der Waals surface area contributed by atoms with Gasteiger partial charge in [0.2, 0.25) is 23.6 Å². The van der Waals surface area contributed by atoms with Crippen molar-refractivity contribution in [2.45, 2.75) is 49.1 Å². The van der Waals surface area contributed by atoms with E-state index in [0.717, 1.165) is 5.56 Å². The Bertz CT molecular complexity index is 925. The van der Waals surface area contributed by atoms with Crippen LogP contribution in [0.1, 0.15) is 5.56 Å². The summed E-state index contributed by atoms with van der Waals surface area (Å²) in [4.78, 5) is 48.8. The second kappa shape index (κ2) is 14.8. The molecular formula is C22H33N5O9S. The number of benzene rings is 1. The SMILES string of the molecule is NCC(=O)N[C@@H](CO[C@@H]1O[C@H](CO)[C@@H](O)[C@H](O)[C@H]1NC(=O)CS)C(=O)N[C@@H](Cc1ccccc1)C(N)=O. The standard InChI is InChI=1S/C22H33N5O9S/c23-7-15(29)25-13(21(34)26-12(20(24)33)6-11-4-2-1-3-5-11)9-35-22-17(27-16(30)10-37)19(32)18(31)14(8-28)36-22/h1-5,12-14,17-19,22,28,31-32,37H,6-10,23H2,(H2,24,33)(H,25,29)(H,26,34)(H,27,30)/t12-,13-,14+,17+,18+,19+,22+/m0/s1. The van der Waals surface area contributed by atoms with Crippen molar-refractivity contribution in [1.82, 2.24) is 16.0 Å². The number of rotatable bonds is 13. The van der Waals surface area contributed by atoms with Crippen LogP contribution < -0.4 is 27.4 Å². The Balaban J connectivity index is 2.18. The van der Waals surface area contributed by atoms with E-state index in [1.54, 1.807) is 30.3 Å². The average molecular weight is 544 g/mol. The smallest absolute Gasteiger partial charge is 0.245 e. The number of hydrogen-bond donors (Lipinski definition) is 9. The van der Waals surface area contributed by atoms with Crippen molar-refractivity contribution in [3.63, 3.8) is 0 Å². The fourth-order valence-corrected chi connectivity index (χ4v) is 3.67. The topological polar surface area (TPSA) is 236 Å². The highest BCUT2D eigenvalue weighted by molar-refractivity contribution is 7.81. The number of nitrogens with one attached hydrogen (secondary N) is 3. The number of nitrogens with two attached hydrogens (primary N) is 2. The molecule has 37 heavy (non-hydrogen) atoms. The van der Waals surface area contributed by atoms with Crippen molar-refractivity contribution < 1.29 is 44.0 Å². The van der Waals surface area contributed by atoms with Crippen molar-refractivity contribution in [2.24, 2.45) is 11.5 Å². The Kier molecular flexibility index (Phi) is 12.2. The zero-order valence-electron chi connectivity index (χ0n) is 19.9. The molecule has 1 aliphatic rings. The zero-order chi connectivity index (χ0) is 27.5. The van der Waals surface area contributed by atoms with Crippen LogP contribution in [0.4, 0.5) is 0 Å². The number of carbonyl (C=O) groups excluding carboxylic acids is 4. The Morgan fingerprint density at radius 1 is 1.05 bits per heavy atom. The molecule has 15 heteroatoms. The van der Waals surface area contributed by atoms with E-state index in [0.29, 0.717) is 0 Å². The first-order valence-corrected chi connectivity index (χ1v) is 12.0. The predicted octanol–water partition coefficient (Wildman–Crippen LogP) is -4.49. The van der Waals surface area contributed by atoms with E-state index in [-0.39, 0.29) is 12.2 Å². The van der Waals surface area contributed by atoms with Gasteiger partial charge in [0.05, 0.1) is 25.5 Å². The van der Waals surface area contributed by atoms with Crippen molar-refractivity contribution >= 4 is 36.3 Å². The fraction of sp³-hybridized carbons (Fsp3) is 0.545. The Morgan fingerprint density at radius 3 is 2.30 bits per heavy atom. The van der Waals surface area contributed by atoms with Crippen LogP contribution in [0.3, 0.4) is 0 Å². The quantitative estimate of drug-likeness (QED) is 0.108. The lowest BCUT2D eigenvalue weighted by Gasteiger charge is -2.42. The molecule has 4 amide bonds. The predicted molar refractivity (Wildman–Crippen MR) is 132 cm³/mol. The number of carbonyl (C=O) groups is 4. The monoisotopic (exact) mass is 543 g/mol. The molecule has 14 nitrogen and oxygen atoms in total. The highest BCUT2D eigenvalue weighted by Crippen LogP contribution is 2.22. The van der Waals surface area contributed by atoms with Crippen molar-refractivity contribution in [2.75, 3.05) is 25.5 Å². The number of hydrogen-bond acceptors (Lipinski definition) is 11. The average Bonchev–Trinajstić information content (AvgIpc) is 2.89. The summed E-state index contributed by atoms with van der Waals surface area (Å²) < 4.78 is 11.1. The van der Waals surface area contributed by atoms with Gasteiger partial charge in [-0.3, -0.25) is 19.2 Å². The highest BCUT2D eigenvalue weighted by Gasteiger charge is 2.46. The molecule has 206 valence electrons. The summed E-state index contributed by atoms with van der Waals surface area (Å²) in [6.07, 6.45) is -5.77. The minimum absolute atomic E-state index is 0.0894. The van der Waals surface area contributed by atoms with Gasteiger partial charge in [0, 0.05) is 6.42 Å². The minimum atomic E-state index is -1.60. The van der Waals surface area contributed by atoms with Crippen LogP contribution in [0.5, 0.6) is 0 Å². The van der Waals surface area contributed by atoms with Crippen molar-refractivity contribution in [3.05, 3.63) is 35.9 Å². The van der Waals surface area contributed by atoms with Crippen LogP contribution in [0.25, 0.3) is 0 Å². The Labute approximate surface area is 218 Å². The maximum Gasteiger partial charge on any atom is 0.245 e. The van der Waals surface area contributed by atoms with Gasteiger partial charge in [0.1, 0.15) is 36.4 Å². The summed E-state index contributed by atoms with van der Waals surface area (Å²) in [5.41, 5.74) is 11.5. The summed E-state index contributed by atoms with van der Waals surface area (Å²) in [5.74, 6) is -3.21. The van der Waals surface area contributed by atoms with E-state index in [4.69, 9.17) is 20.9 Å². The van der Waals surface area contributed by atoms with Gasteiger partial charge in [0.15, 0.2) is 6.29 Å². The van der Waals surface area contributed by atoms with Crippen molar-refractivity contribution in [1.29, 1.82) is 0 Å². The Hall–Kier alpha value is -2.79.